The van der Waals surface area contributed by atoms with Gasteiger partial charge in [0.2, 0.25) is 5.91 Å². The Hall–Kier alpha value is -1.10. The molecule has 1 saturated carbocycles. The molecule has 0 aromatic carbocycles. The minimum Gasteiger partial charge on any atom is -0.461 e. The largest absolute Gasteiger partial charge is 0.461 e. The number of hydrogen-bond donors (Lipinski definition) is 2. The van der Waals surface area contributed by atoms with Crippen molar-refractivity contribution in [2.45, 2.75) is 44.6 Å². The molecule has 0 bridgehead atoms. The van der Waals surface area contributed by atoms with Crippen LogP contribution in [-0.4, -0.2) is 31.1 Å². The fourth-order valence-electron chi connectivity index (χ4n) is 1.88. The molecule has 16 heavy (non-hydrogen) atoms. The lowest BCUT2D eigenvalue weighted by Crippen LogP contribution is -2.34. The van der Waals surface area contributed by atoms with Crippen LogP contribution in [-0.2, 0) is 14.3 Å². The Balaban J connectivity index is 2.14. The minimum atomic E-state index is -0.470. The van der Waals surface area contributed by atoms with E-state index in [0.29, 0.717) is 0 Å². The van der Waals surface area contributed by atoms with Gasteiger partial charge in [-0.15, -0.1) is 0 Å². The highest BCUT2D eigenvalue weighted by Gasteiger charge is 2.16. The number of esters is 1. The Morgan fingerprint density at radius 1 is 1.12 bits per heavy atom. The van der Waals surface area contributed by atoms with Crippen molar-refractivity contribution in [3.63, 3.8) is 0 Å². The van der Waals surface area contributed by atoms with Crippen molar-refractivity contribution in [1.82, 2.24) is 5.32 Å². The Morgan fingerprint density at radius 2 is 1.75 bits per heavy atom. The number of amides is 1. The highest BCUT2D eigenvalue weighted by molar-refractivity contribution is 5.77. The summed E-state index contributed by atoms with van der Waals surface area (Å²) < 4.78 is 5.30. The number of nitrogens with one attached hydrogen (secondary N) is 1. The van der Waals surface area contributed by atoms with Crippen molar-refractivity contribution >= 4 is 11.9 Å². The van der Waals surface area contributed by atoms with Crippen LogP contribution in [0.5, 0.6) is 0 Å². The van der Waals surface area contributed by atoms with Crippen LogP contribution in [0.15, 0.2) is 0 Å². The van der Waals surface area contributed by atoms with Gasteiger partial charge in [0.1, 0.15) is 6.10 Å². The summed E-state index contributed by atoms with van der Waals surface area (Å²) in [6.45, 7) is 0.0687. The average Bonchev–Trinajstić information content (AvgIpc) is 2.45. The fraction of sp³-hybridized carbons (Fsp3) is 0.818. The van der Waals surface area contributed by atoms with Gasteiger partial charge in [0.25, 0.3) is 0 Å². The molecule has 1 rings (SSSR count). The van der Waals surface area contributed by atoms with E-state index in [9.17, 15) is 9.59 Å². The molecule has 0 unspecified atom stereocenters. The monoisotopic (exact) mass is 228 g/mol. The fourth-order valence-corrected chi connectivity index (χ4v) is 1.88. The molecule has 0 aliphatic heterocycles. The van der Waals surface area contributed by atoms with Crippen LogP contribution in [0, 0.1) is 0 Å². The second-order valence-corrected chi connectivity index (χ2v) is 4.17. The maximum absolute atomic E-state index is 11.4. The molecule has 0 spiro atoms. The molecule has 0 atom stereocenters. The van der Waals surface area contributed by atoms with Gasteiger partial charge in [0.15, 0.2) is 0 Å². The topological polar surface area (TPSA) is 81.4 Å². The molecule has 92 valence electrons. The normalized spacial score (nSPS) is 17.8. The summed E-state index contributed by atoms with van der Waals surface area (Å²) in [4.78, 5) is 21.8. The minimum absolute atomic E-state index is 0.0137. The van der Waals surface area contributed by atoms with Crippen molar-refractivity contribution < 1.29 is 14.3 Å². The molecule has 0 radical (unpaired) electrons. The van der Waals surface area contributed by atoms with Crippen molar-refractivity contribution in [2.24, 2.45) is 5.73 Å². The van der Waals surface area contributed by atoms with E-state index in [1.807, 2.05) is 0 Å². The number of ether oxygens (including phenoxy) is 1. The molecular formula is C11H20N2O3. The summed E-state index contributed by atoms with van der Waals surface area (Å²) >= 11 is 0. The first-order valence-electron chi connectivity index (χ1n) is 5.87. The van der Waals surface area contributed by atoms with Gasteiger partial charge in [0.05, 0.1) is 13.1 Å². The SMILES string of the molecule is NC(=O)CNCC(=O)OC1CCCCCC1. The number of carbonyl (C=O) groups excluding carboxylic acids is 2. The predicted octanol–water partition coefficient (Wildman–Crippen LogP) is 0.327. The third kappa shape index (κ3) is 5.70. The number of primary amides is 1. The van der Waals surface area contributed by atoms with Gasteiger partial charge in [-0.1, -0.05) is 12.8 Å². The molecular weight excluding hydrogens is 208 g/mol. The molecule has 1 amide bonds. The number of nitrogens with two attached hydrogens (primary N) is 1. The highest BCUT2D eigenvalue weighted by atomic mass is 16.5. The van der Waals surface area contributed by atoms with Crippen molar-refractivity contribution in [3.8, 4) is 0 Å². The summed E-state index contributed by atoms with van der Waals surface area (Å²) in [7, 11) is 0. The van der Waals surface area contributed by atoms with Crippen molar-refractivity contribution in [2.75, 3.05) is 13.1 Å². The predicted molar refractivity (Wildman–Crippen MR) is 59.6 cm³/mol. The lowest BCUT2D eigenvalue weighted by molar-refractivity contribution is -0.148. The highest BCUT2D eigenvalue weighted by Crippen LogP contribution is 2.19. The Kier molecular flexibility index (Phi) is 5.85. The zero-order valence-electron chi connectivity index (χ0n) is 9.54. The summed E-state index contributed by atoms with van der Waals surface area (Å²) in [6, 6.07) is 0. The molecule has 0 aromatic heterocycles. The maximum atomic E-state index is 11.4. The van der Waals surface area contributed by atoms with E-state index in [4.69, 9.17) is 10.5 Å². The molecule has 5 heteroatoms. The quantitative estimate of drug-likeness (QED) is 0.524. The van der Waals surface area contributed by atoms with Crippen LogP contribution >= 0.6 is 0 Å². The van der Waals surface area contributed by atoms with Gasteiger partial charge in [-0.05, 0) is 25.7 Å². The Morgan fingerprint density at radius 3 is 2.31 bits per heavy atom. The van der Waals surface area contributed by atoms with Crippen LogP contribution in [0.1, 0.15) is 38.5 Å². The first kappa shape index (κ1) is 13.0. The van der Waals surface area contributed by atoms with E-state index in [0.717, 1.165) is 25.7 Å². The molecule has 0 heterocycles. The van der Waals surface area contributed by atoms with E-state index in [1.54, 1.807) is 0 Å². The number of hydrogen-bond acceptors (Lipinski definition) is 4. The van der Waals surface area contributed by atoms with Gasteiger partial charge in [0, 0.05) is 0 Å². The number of carbonyl (C=O) groups is 2. The van der Waals surface area contributed by atoms with E-state index in [1.165, 1.54) is 12.8 Å². The second-order valence-electron chi connectivity index (χ2n) is 4.17. The maximum Gasteiger partial charge on any atom is 0.320 e. The van der Waals surface area contributed by atoms with E-state index >= 15 is 0 Å². The zero-order valence-corrected chi connectivity index (χ0v) is 9.54. The standard InChI is InChI=1S/C11H20N2O3/c12-10(14)7-13-8-11(15)16-9-5-3-1-2-4-6-9/h9,13H,1-8H2,(H2,12,14). The van der Waals surface area contributed by atoms with Crippen molar-refractivity contribution in [3.05, 3.63) is 0 Å². The van der Waals surface area contributed by atoms with Crippen LogP contribution in [0.25, 0.3) is 0 Å². The van der Waals surface area contributed by atoms with Gasteiger partial charge >= 0.3 is 5.97 Å². The number of rotatable bonds is 5. The molecule has 1 aliphatic rings. The average molecular weight is 228 g/mol. The van der Waals surface area contributed by atoms with Crippen LogP contribution in [0.2, 0.25) is 0 Å². The molecule has 5 nitrogen and oxygen atoms in total. The molecule has 1 fully saturated rings. The van der Waals surface area contributed by atoms with E-state index in [-0.39, 0.29) is 25.2 Å². The van der Waals surface area contributed by atoms with Crippen molar-refractivity contribution in [1.29, 1.82) is 0 Å². The summed E-state index contributed by atoms with van der Waals surface area (Å²) in [5, 5.41) is 2.64. The van der Waals surface area contributed by atoms with Crippen LogP contribution in [0.3, 0.4) is 0 Å². The van der Waals surface area contributed by atoms with Crippen LogP contribution < -0.4 is 11.1 Å². The summed E-state index contributed by atoms with van der Waals surface area (Å²) in [6.07, 6.45) is 6.70. The van der Waals surface area contributed by atoms with E-state index < -0.39 is 5.91 Å². The lowest BCUT2D eigenvalue weighted by Gasteiger charge is -2.15. The molecule has 3 N–H and O–H groups in total. The Bertz CT molecular complexity index is 235. The zero-order chi connectivity index (χ0) is 11.8. The summed E-state index contributed by atoms with van der Waals surface area (Å²) in [5.41, 5.74) is 4.93. The van der Waals surface area contributed by atoms with Crippen LogP contribution in [0.4, 0.5) is 0 Å². The van der Waals surface area contributed by atoms with Gasteiger partial charge in [-0.2, -0.15) is 0 Å². The first-order chi connectivity index (χ1) is 7.68. The van der Waals surface area contributed by atoms with Gasteiger partial charge in [-0.3, -0.25) is 14.9 Å². The molecule has 0 saturated heterocycles. The smallest absolute Gasteiger partial charge is 0.320 e. The molecule has 0 aromatic rings. The lowest BCUT2D eigenvalue weighted by atomic mass is 10.1. The third-order valence-electron chi connectivity index (χ3n) is 2.67. The van der Waals surface area contributed by atoms with Gasteiger partial charge < -0.3 is 10.5 Å². The second kappa shape index (κ2) is 7.22. The molecule has 1 aliphatic carbocycles. The third-order valence-corrected chi connectivity index (χ3v) is 2.67. The summed E-state index contributed by atoms with van der Waals surface area (Å²) in [5.74, 6) is -0.768. The van der Waals surface area contributed by atoms with Gasteiger partial charge in [-0.25, -0.2) is 0 Å². The van der Waals surface area contributed by atoms with E-state index in [2.05, 4.69) is 5.32 Å². The first-order valence-corrected chi connectivity index (χ1v) is 5.87. The Labute approximate surface area is 95.7 Å².